The molecule has 1 atom stereocenters. The molecule has 1 aliphatic carbocycles. The maximum Gasteiger partial charge on any atom is 0.0210 e. The van der Waals surface area contributed by atoms with Gasteiger partial charge in [0.2, 0.25) is 0 Å². The summed E-state index contributed by atoms with van der Waals surface area (Å²) in [5, 5.41) is 0. The topological polar surface area (TPSA) is 0 Å². The van der Waals surface area contributed by atoms with Gasteiger partial charge in [-0.25, -0.2) is 0 Å². The van der Waals surface area contributed by atoms with E-state index in [0.717, 1.165) is 5.92 Å². The van der Waals surface area contributed by atoms with Crippen LogP contribution in [-0.2, 0) is 5.41 Å². The molecule has 2 aromatic carbocycles. The molecule has 22 heavy (non-hydrogen) atoms. The van der Waals surface area contributed by atoms with Crippen molar-refractivity contribution in [3.63, 3.8) is 0 Å². The summed E-state index contributed by atoms with van der Waals surface area (Å²) in [6.07, 6.45) is 3.82. The summed E-state index contributed by atoms with van der Waals surface area (Å²) >= 11 is 0. The van der Waals surface area contributed by atoms with E-state index in [1.807, 2.05) is 0 Å². The number of hydrogen-bond donors (Lipinski definition) is 0. The molecule has 0 nitrogen and oxygen atoms in total. The third-order valence-electron chi connectivity index (χ3n) is 5.03. The zero-order valence-electron chi connectivity index (χ0n) is 14.0. The predicted molar refractivity (Wildman–Crippen MR) is 94.8 cm³/mol. The molecule has 1 aliphatic rings. The van der Waals surface area contributed by atoms with E-state index in [2.05, 4.69) is 81.4 Å². The quantitative estimate of drug-likeness (QED) is 0.634. The standard InChI is InChI=1S/C21H26.CH/c1-17-14-20(2,3)16-21(15-17,18-10-6-4-7-11-18)19-12-8-5-9-13-19;/h4-13,17H,14-16H2,1-3H3;1H. The molecule has 0 spiro atoms. The molecule has 3 radical (unpaired) electrons. The molecule has 0 heterocycles. The van der Waals surface area contributed by atoms with Crippen molar-refractivity contribution in [2.24, 2.45) is 11.3 Å². The molecule has 0 aromatic heterocycles. The van der Waals surface area contributed by atoms with Crippen LogP contribution in [0.2, 0.25) is 0 Å². The van der Waals surface area contributed by atoms with Gasteiger partial charge in [0.15, 0.2) is 0 Å². The smallest absolute Gasteiger partial charge is 0.0210 e. The molecule has 0 bridgehead atoms. The third kappa shape index (κ3) is 3.11. The van der Waals surface area contributed by atoms with Gasteiger partial charge in [-0.15, -0.1) is 0 Å². The molecule has 0 N–H and O–H groups in total. The monoisotopic (exact) mass is 291 g/mol. The van der Waals surface area contributed by atoms with Crippen LogP contribution in [0, 0.1) is 18.8 Å². The first-order chi connectivity index (χ1) is 10.0. The molecule has 1 fully saturated rings. The third-order valence-corrected chi connectivity index (χ3v) is 5.03. The normalized spacial score (nSPS) is 22.6. The maximum absolute atomic E-state index is 2.43. The second-order valence-electron chi connectivity index (χ2n) is 7.67. The van der Waals surface area contributed by atoms with Gasteiger partial charge in [0.05, 0.1) is 0 Å². The van der Waals surface area contributed by atoms with Gasteiger partial charge in [0.25, 0.3) is 0 Å². The zero-order chi connectivity index (χ0) is 14.9. The molecular formula is C22H27. The van der Waals surface area contributed by atoms with E-state index < -0.39 is 0 Å². The lowest BCUT2D eigenvalue weighted by molar-refractivity contribution is 0.127. The molecule has 115 valence electrons. The fraction of sp³-hybridized carbons (Fsp3) is 0.409. The highest BCUT2D eigenvalue weighted by molar-refractivity contribution is 5.40. The Balaban J connectivity index is 0.00000176. The average Bonchev–Trinajstić information content (AvgIpc) is 2.47. The van der Waals surface area contributed by atoms with Crippen LogP contribution in [0.1, 0.15) is 51.2 Å². The van der Waals surface area contributed by atoms with Crippen molar-refractivity contribution in [1.82, 2.24) is 0 Å². The minimum atomic E-state index is 0. The van der Waals surface area contributed by atoms with Crippen LogP contribution in [-0.4, -0.2) is 0 Å². The minimum Gasteiger partial charge on any atom is -0.0624 e. The molecule has 0 aliphatic heterocycles. The summed E-state index contributed by atoms with van der Waals surface area (Å²) in [4.78, 5) is 0. The summed E-state index contributed by atoms with van der Waals surface area (Å²) < 4.78 is 0. The average molecular weight is 291 g/mol. The van der Waals surface area contributed by atoms with Crippen molar-refractivity contribution in [2.45, 2.75) is 45.4 Å². The summed E-state index contributed by atoms with van der Waals surface area (Å²) in [6, 6.07) is 22.3. The zero-order valence-corrected chi connectivity index (χ0v) is 14.0. The Kier molecular flexibility index (Phi) is 4.80. The van der Waals surface area contributed by atoms with Gasteiger partial charge in [-0.3, -0.25) is 0 Å². The Morgan fingerprint density at radius 3 is 1.64 bits per heavy atom. The van der Waals surface area contributed by atoms with Gasteiger partial charge in [-0.2, -0.15) is 0 Å². The number of hydrogen-bond acceptors (Lipinski definition) is 0. The first-order valence-electron chi connectivity index (χ1n) is 8.13. The van der Waals surface area contributed by atoms with E-state index in [-0.39, 0.29) is 12.8 Å². The van der Waals surface area contributed by atoms with Crippen LogP contribution in [0.4, 0.5) is 0 Å². The summed E-state index contributed by atoms with van der Waals surface area (Å²) in [6.45, 7) is 7.29. The summed E-state index contributed by atoms with van der Waals surface area (Å²) in [5.41, 5.74) is 3.53. The van der Waals surface area contributed by atoms with Gasteiger partial charge in [0.1, 0.15) is 0 Å². The van der Waals surface area contributed by atoms with Gasteiger partial charge in [-0.1, -0.05) is 81.4 Å². The van der Waals surface area contributed by atoms with E-state index in [1.165, 1.54) is 30.4 Å². The molecule has 0 heteroatoms. The fourth-order valence-electron chi connectivity index (χ4n) is 4.69. The summed E-state index contributed by atoms with van der Waals surface area (Å²) in [7, 11) is 0. The Morgan fingerprint density at radius 1 is 0.773 bits per heavy atom. The van der Waals surface area contributed by atoms with E-state index in [9.17, 15) is 0 Å². The Labute approximate surface area is 136 Å². The predicted octanol–water partition coefficient (Wildman–Crippen LogP) is 6.02. The van der Waals surface area contributed by atoms with Crippen molar-refractivity contribution < 1.29 is 0 Å². The minimum absolute atomic E-state index is 0. The van der Waals surface area contributed by atoms with Crippen LogP contribution < -0.4 is 0 Å². The lowest BCUT2D eigenvalue weighted by Gasteiger charge is -2.48. The Bertz CT molecular complexity index is 540. The van der Waals surface area contributed by atoms with Gasteiger partial charge < -0.3 is 0 Å². The van der Waals surface area contributed by atoms with E-state index in [4.69, 9.17) is 0 Å². The highest BCUT2D eigenvalue weighted by atomic mass is 14.5. The van der Waals surface area contributed by atoms with Crippen molar-refractivity contribution in [3.05, 3.63) is 79.2 Å². The lowest BCUT2D eigenvalue weighted by Crippen LogP contribution is -2.41. The number of rotatable bonds is 2. The maximum atomic E-state index is 2.43. The SMILES string of the molecule is CC1CC(C)(C)CC(c2ccccc2)(c2ccccc2)C1.[CH]. The first kappa shape index (κ1) is 16.8. The lowest BCUT2D eigenvalue weighted by atomic mass is 9.55. The molecular weight excluding hydrogens is 264 g/mol. The second-order valence-corrected chi connectivity index (χ2v) is 7.67. The van der Waals surface area contributed by atoms with E-state index in [0.29, 0.717) is 5.41 Å². The van der Waals surface area contributed by atoms with Gasteiger partial charge in [-0.05, 0) is 49.1 Å². The fourth-order valence-corrected chi connectivity index (χ4v) is 4.69. The molecule has 3 rings (SSSR count). The Morgan fingerprint density at radius 2 is 1.23 bits per heavy atom. The molecule has 2 aromatic rings. The molecule has 0 amide bonds. The number of benzene rings is 2. The molecule has 0 saturated heterocycles. The first-order valence-corrected chi connectivity index (χ1v) is 8.13. The van der Waals surface area contributed by atoms with Crippen LogP contribution in [0.5, 0.6) is 0 Å². The van der Waals surface area contributed by atoms with Crippen molar-refractivity contribution in [3.8, 4) is 0 Å². The highest BCUT2D eigenvalue weighted by Gasteiger charge is 2.44. The van der Waals surface area contributed by atoms with Crippen molar-refractivity contribution >= 4 is 0 Å². The summed E-state index contributed by atoms with van der Waals surface area (Å²) in [5.74, 6) is 0.758. The van der Waals surface area contributed by atoms with Gasteiger partial charge in [0, 0.05) is 5.41 Å². The van der Waals surface area contributed by atoms with Gasteiger partial charge >= 0.3 is 0 Å². The van der Waals surface area contributed by atoms with Crippen LogP contribution >= 0.6 is 0 Å². The Hall–Kier alpha value is -1.56. The van der Waals surface area contributed by atoms with E-state index in [1.54, 1.807) is 0 Å². The molecule has 1 saturated carbocycles. The van der Waals surface area contributed by atoms with E-state index >= 15 is 0 Å². The van der Waals surface area contributed by atoms with Crippen LogP contribution in [0.3, 0.4) is 0 Å². The molecule has 1 unspecified atom stereocenters. The largest absolute Gasteiger partial charge is 0.0624 e. The van der Waals surface area contributed by atoms with Crippen molar-refractivity contribution in [1.29, 1.82) is 0 Å². The highest BCUT2D eigenvalue weighted by Crippen LogP contribution is 2.53. The van der Waals surface area contributed by atoms with Crippen LogP contribution in [0.15, 0.2) is 60.7 Å². The second kappa shape index (κ2) is 6.28. The van der Waals surface area contributed by atoms with Crippen molar-refractivity contribution in [2.75, 3.05) is 0 Å². The van der Waals surface area contributed by atoms with Crippen LogP contribution in [0.25, 0.3) is 0 Å².